The molecule has 0 saturated carbocycles. The first-order chi connectivity index (χ1) is 10.6. The number of aromatic nitrogens is 1. The summed E-state index contributed by atoms with van der Waals surface area (Å²) in [6.45, 7) is 2.01. The number of esters is 1. The Balaban J connectivity index is 1.95. The number of ether oxygens (including phenoxy) is 2. The number of rotatable bonds is 6. The molecule has 0 radical (unpaired) electrons. The average molecular weight is 320 g/mol. The predicted octanol–water partition coefficient (Wildman–Crippen LogP) is 2.51. The van der Waals surface area contributed by atoms with Crippen LogP contribution >= 0.6 is 11.3 Å². The molecule has 1 N–H and O–H groups in total. The van der Waals surface area contributed by atoms with Crippen molar-refractivity contribution < 1.29 is 19.1 Å². The number of carbonyl (C=O) groups excluding carboxylic acids is 2. The van der Waals surface area contributed by atoms with Gasteiger partial charge in [0.25, 0.3) is 0 Å². The topological polar surface area (TPSA) is 77.5 Å². The molecule has 1 aromatic heterocycles. The van der Waals surface area contributed by atoms with Gasteiger partial charge >= 0.3 is 5.97 Å². The van der Waals surface area contributed by atoms with E-state index in [0.29, 0.717) is 10.9 Å². The summed E-state index contributed by atoms with van der Waals surface area (Å²) in [4.78, 5) is 27.5. The van der Waals surface area contributed by atoms with Gasteiger partial charge in [-0.25, -0.2) is 9.78 Å². The van der Waals surface area contributed by atoms with E-state index in [4.69, 9.17) is 9.47 Å². The lowest BCUT2D eigenvalue weighted by Gasteiger charge is -2.04. The Morgan fingerprint density at radius 3 is 2.91 bits per heavy atom. The fraction of sp³-hybridized carbons (Fsp3) is 0.267. The van der Waals surface area contributed by atoms with E-state index in [1.807, 2.05) is 18.2 Å². The van der Waals surface area contributed by atoms with Gasteiger partial charge in [0.1, 0.15) is 5.75 Å². The van der Waals surface area contributed by atoms with Gasteiger partial charge in [0.2, 0.25) is 5.91 Å². The van der Waals surface area contributed by atoms with Gasteiger partial charge in [0, 0.05) is 5.38 Å². The van der Waals surface area contributed by atoms with E-state index in [1.54, 1.807) is 25.5 Å². The molecule has 1 amide bonds. The summed E-state index contributed by atoms with van der Waals surface area (Å²) in [5.41, 5.74) is 1.03. The molecule has 116 valence electrons. The van der Waals surface area contributed by atoms with E-state index in [0.717, 1.165) is 5.56 Å². The summed E-state index contributed by atoms with van der Waals surface area (Å²) in [5.74, 6) is -0.00537. The molecule has 0 unspecified atom stereocenters. The Labute approximate surface area is 132 Å². The molecule has 1 aromatic carbocycles. The van der Waals surface area contributed by atoms with Crippen LogP contribution < -0.4 is 10.1 Å². The second-order valence-electron chi connectivity index (χ2n) is 4.33. The first-order valence-corrected chi connectivity index (χ1v) is 7.55. The minimum atomic E-state index is -0.493. The van der Waals surface area contributed by atoms with Crippen LogP contribution in [0.5, 0.6) is 5.75 Å². The third kappa shape index (κ3) is 4.29. The lowest BCUT2D eigenvalue weighted by molar-refractivity contribution is -0.115. The first-order valence-electron chi connectivity index (χ1n) is 6.67. The van der Waals surface area contributed by atoms with Crippen LogP contribution in [0.25, 0.3) is 0 Å². The standard InChI is InChI=1S/C15H16N2O4S/c1-3-21-14(19)12-9-22-15(16-12)17-13(18)8-10-5-4-6-11(7-10)20-2/h4-7,9H,3,8H2,1-2H3,(H,16,17,18). The third-order valence-corrected chi connectivity index (χ3v) is 3.49. The van der Waals surface area contributed by atoms with Gasteiger partial charge in [0.05, 0.1) is 20.1 Å². The maximum atomic E-state index is 12.0. The number of hydrogen-bond acceptors (Lipinski definition) is 6. The second-order valence-corrected chi connectivity index (χ2v) is 5.19. The largest absolute Gasteiger partial charge is 0.497 e. The fourth-order valence-corrected chi connectivity index (χ4v) is 2.46. The van der Waals surface area contributed by atoms with Crippen LogP contribution in [-0.4, -0.2) is 30.6 Å². The monoisotopic (exact) mass is 320 g/mol. The van der Waals surface area contributed by atoms with Crippen molar-refractivity contribution >= 4 is 28.3 Å². The molecule has 0 aliphatic carbocycles. The van der Waals surface area contributed by atoms with Crippen molar-refractivity contribution in [3.63, 3.8) is 0 Å². The van der Waals surface area contributed by atoms with Crippen molar-refractivity contribution in [1.82, 2.24) is 4.98 Å². The number of amides is 1. The molecule has 0 bridgehead atoms. The van der Waals surface area contributed by atoms with E-state index in [9.17, 15) is 9.59 Å². The first kappa shape index (κ1) is 16.0. The number of methoxy groups -OCH3 is 1. The zero-order chi connectivity index (χ0) is 15.9. The van der Waals surface area contributed by atoms with Gasteiger partial charge in [-0.15, -0.1) is 11.3 Å². The van der Waals surface area contributed by atoms with Crippen LogP contribution in [0.2, 0.25) is 0 Å². The molecular weight excluding hydrogens is 304 g/mol. The summed E-state index contributed by atoms with van der Waals surface area (Å²) in [6.07, 6.45) is 0.200. The smallest absolute Gasteiger partial charge is 0.357 e. The molecule has 2 aromatic rings. The van der Waals surface area contributed by atoms with Crippen LogP contribution in [0, 0.1) is 0 Å². The summed E-state index contributed by atoms with van der Waals surface area (Å²) in [6, 6.07) is 7.27. The second kappa shape index (κ2) is 7.56. The Bertz CT molecular complexity index is 669. The lowest BCUT2D eigenvalue weighted by Crippen LogP contribution is -2.14. The summed E-state index contributed by atoms with van der Waals surface area (Å²) < 4.78 is 9.96. The van der Waals surface area contributed by atoms with Crippen LogP contribution in [0.3, 0.4) is 0 Å². The van der Waals surface area contributed by atoms with Gasteiger partial charge in [-0.3, -0.25) is 4.79 Å². The highest BCUT2D eigenvalue weighted by Gasteiger charge is 2.13. The lowest BCUT2D eigenvalue weighted by atomic mass is 10.1. The van der Waals surface area contributed by atoms with Gasteiger partial charge in [0.15, 0.2) is 10.8 Å². The third-order valence-electron chi connectivity index (χ3n) is 2.73. The summed E-state index contributed by atoms with van der Waals surface area (Å²) >= 11 is 1.18. The average Bonchev–Trinajstić information content (AvgIpc) is 2.96. The molecule has 0 spiro atoms. The van der Waals surface area contributed by atoms with Gasteiger partial charge < -0.3 is 14.8 Å². The van der Waals surface area contributed by atoms with E-state index in [2.05, 4.69) is 10.3 Å². The molecule has 0 aliphatic rings. The summed E-state index contributed by atoms with van der Waals surface area (Å²) in [7, 11) is 1.58. The maximum Gasteiger partial charge on any atom is 0.357 e. The Kier molecular flexibility index (Phi) is 5.48. The number of carbonyl (C=O) groups is 2. The predicted molar refractivity (Wildman–Crippen MR) is 83.4 cm³/mol. The molecule has 1 heterocycles. The van der Waals surface area contributed by atoms with Crippen LogP contribution in [0.4, 0.5) is 5.13 Å². The van der Waals surface area contributed by atoms with Crippen molar-refractivity contribution in [2.24, 2.45) is 0 Å². The van der Waals surface area contributed by atoms with E-state index < -0.39 is 5.97 Å². The van der Waals surface area contributed by atoms with Crippen molar-refractivity contribution in [3.8, 4) is 5.75 Å². The molecule has 0 aliphatic heterocycles. The minimum absolute atomic E-state index is 0.198. The Morgan fingerprint density at radius 2 is 2.18 bits per heavy atom. The number of nitrogens with one attached hydrogen (secondary N) is 1. The van der Waals surface area contributed by atoms with Crippen molar-refractivity contribution in [2.45, 2.75) is 13.3 Å². The minimum Gasteiger partial charge on any atom is -0.497 e. The molecule has 2 rings (SSSR count). The number of hydrogen-bond donors (Lipinski definition) is 1. The zero-order valence-corrected chi connectivity index (χ0v) is 13.1. The van der Waals surface area contributed by atoms with Gasteiger partial charge in [-0.2, -0.15) is 0 Å². The number of nitrogens with zero attached hydrogens (tertiary/aromatic N) is 1. The molecule has 6 nitrogen and oxygen atoms in total. The van der Waals surface area contributed by atoms with Crippen molar-refractivity contribution in [2.75, 3.05) is 19.0 Å². The van der Waals surface area contributed by atoms with E-state index in [-0.39, 0.29) is 24.6 Å². The number of anilines is 1. The highest BCUT2D eigenvalue weighted by atomic mass is 32.1. The molecule has 0 atom stereocenters. The Hall–Kier alpha value is -2.41. The van der Waals surface area contributed by atoms with Crippen molar-refractivity contribution in [1.29, 1.82) is 0 Å². The quantitative estimate of drug-likeness (QED) is 0.828. The van der Waals surface area contributed by atoms with Crippen LogP contribution in [0.15, 0.2) is 29.6 Å². The van der Waals surface area contributed by atoms with Crippen LogP contribution in [-0.2, 0) is 16.0 Å². The van der Waals surface area contributed by atoms with Crippen LogP contribution in [0.1, 0.15) is 23.0 Å². The Morgan fingerprint density at radius 1 is 1.36 bits per heavy atom. The SMILES string of the molecule is CCOC(=O)c1csc(NC(=O)Cc2cccc(OC)c2)n1. The maximum absolute atomic E-state index is 12.0. The summed E-state index contributed by atoms with van der Waals surface area (Å²) in [5, 5.41) is 4.59. The van der Waals surface area contributed by atoms with E-state index in [1.165, 1.54) is 11.3 Å². The number of benzene rings is 1. The van der Waals surface area contributed by atoms with E-state index >= 15 is 0 Å². The van der Waals surface area contributed by atoms with Gasteiger partial charge in [-0.1, -0.05) is 12.1 Å². The highest BCUT2D eigenvalue weighted by molar-refractivity contribution is 7.14. The highest BCUT2D eigenvalue weighted by Crippen LogP contribution is 2.17. The zero-order valence-electron chi connectivity index (χ0n) is 12.3. The normalized spacial score (nSPS) is 10.1. The molecular formula is C15H16N2O4S. The van der Waals surface area contributed by atoms with Crippen molar-refractivity contribution in [3.05, 3.63) is 40.9 Å². The number of thiazole rings is 1. The molecule has 7 heteroatoms. The molecule has 22 heavy (non-hydrogen) atoms. The fourth-order valence-electron chi connectivity index (χ4n) is 1.76. The van der Waals surface area contributed by atoms with Gasteiger partial charge in [-0.05, 0) is 24.6 Å². The molecule has 0 saturated heterocycles. The molecule has 0 fully saturated rings.